The zero-order valence-corrected chi connectivity index (χ0v) is 17.1. The molecule has 1 unspecified atom stereocenters. The third kappa shape index (κ3) is 2.85. The number of fused-ring (bicyclic) bond motifs is 3. The van der Waals surface area contributed by atoms with E-state index in [1.54, 1.807) is 11.8 Å². The Morgan fingerprint density at radius 2 is 1.93 bits per heavy atom. The molecule has 1 aliphatic carbocycles. The van der Waals surface area contributed by atoms with E-state index in [1.807, 2.05) is 37.6 Å². The third-order valence-corrected chi connectivity index (χ3v) is 6.10. The molecule has 0 amide bonds. The van der Waals surface area contributed by atoms with Gasteiger partial charge in [-0.3, -0.25) is 9.40 Å². The van der Waals surface area contributed by atoms with Gasteiger partial charge in [0.1, 0.15) is 18.6 Å². The fourth-order valence-corrected chi connectivity index (χ4v) is 4.69. The van der Waals surface area contributed by atoms with Crippen molar-refractivity contribution in [3.05, 3.63) is 42.4 Å². The molecule has 4 heterocycles. The largest absolute Gasteiger partial charge is 0.342 e. The van der Waals surface area contributed by atoms with Crippen molar-refractivity contribution in [2.45, 2.75) is 58.0 Å². The van der Waals surface area contributed by atoms with Gasteiger partial charge in [0.2, 0.25) is 12.4 Å². The number of nitrogens with zero attached hydrogens (tertiary/aromatic N) is 7. The average molecular weight is 392 g/mol. The second-order valence-corrected chi connectivity index (χ2v) is 7.74. The van der Waals surface area contributed by atoms with Crippen molar-refractivity contribution in [3.8, 4) is 17.1 Å². The van der Waals surface area contributed by atoms with Crippen LogP contribution >= 0.6 is 0 Å². The summed E-state index contributed by atoms with van der Waals surface area (Å²) in [5.41, 5.74) is 1.94. The van der Waals surface area contributed by atoms with Crippen LogP contribution in [0.1, 0.15) is 56.7 Å². The molecule has 8 nitrogen and oxygen atoms in total. The standard InChI is InChI=1S/C21H26N7O/c1-4-17-21-25-24-14(2)27(21)18-13-22-19(15-9-11-26(29-3)12-10-15)23-20(18)28(17)16-7-5-6-8-16/h9-13,16-17H,4-8H2,1-3H3/q+1. The van der Waals surface area contributed by atoms with E-state index >= 15 is 0 Å². The van der Waals surface area contributed by atoms with E-state index in [4.69, 9.17) is 9.82 Å². The quantitative estimate of drug-likeness (QED) is 0.636. The summed E-state index contributed by atoms with van der Waals surface area (Å²) in [6.45, 7) is 4.21. The smallest absolute Gasteiger partial charge is 0.223 e. The second-order valence-electron chi connectivity index (χ2n) is 7.74. The van der Waals surface area contributed by atoms with Gasteiger partial charge in [-0.1, -0.05) is 19.8 Å². The first-order valence-electron chi connectivity index (χ1n) is 10.3. The van der Waals surface area contributed by atoms with Crippen LogP contribution in [-0.4, -0.2) is 37.9 Å². The first kappa shape index (κ1) is 18.0. The molecule has 1 fully saturated rings. The van der Waals surface area contributed by atoms with Crippen molar-refractivity contribution in [1.82, 2.24) is 24.7 Å². The molecule has 1 aliphatic heterocycles. The fourth-order valence-electron chi connectivity index (χ4n) is 4.69. The predicted molar refractivity (Wildman–Crippen MR) is 108 cm³/mol. The summed E-state index contributed by atoms with van der Waals surface area (Å²) in [4.78, 5) is 17.5. The highest BCUT2D eigenvalue weighted by atomic mass is 16.6. The third-order valence-electron chi connectivity index (χ3n) is 6.10. The lowest BCUT2D eigenvalue weighted by molar-refractivity contribution is -0.885. The molecular formula is C21H26N7O+. The Morgan fingerprint density at radius 1 is 1.17 bits per heavy atom. The molecular weight excluding hydrogens is 366 g/mol. The molecule has 0 radical (unpaired) electrons. The highest BCUT2D eigenvalue weighted by molar-refractivity contribution is 5.66. The van der Waals surface area contributed by atoms with E-state index < -0.39 is 0 Å². The van der Waals surface area contributed by atoms with Crippen molar-refractivity contribution in [2.75, 3.05) is 12.0 Å². The van der Waals surface area contributed by atoms with Crippen LogP contribution in [0.3, 0.4) is 0 Å². The lowest BCUT2D eigenvalue weighted by Crippen LogP contribution is -2.42. The van der Waals surface area contributed by atoms with Crippen LogP contribution in [-0.2, 0) is 0 Å². The monoisotopic (exact) mass is 392 g/mol. The lowest BCUT2D eigenvalue weighted by atomic mass is 10.0. The summed E-state index contributed by atoms with van der Waals surface area (Å²) >= 11 is 0. The van der Waals surface area contributed by atoms with Gasteiger partial charge in [-0.25, -0.2) is 9.97 Å². The van der Waals surface area contributed by atoms with Crippen LogP contribution in [0.2, 0.25) is 0 Å². The first-order chi connectivity index (χ1) is 14.2. The summed E-state index contributed by atoms with van der Waals surface area (Å²) in [6.07, 6.45) is 11.5. The molecule has 0 aromatic carbocycles. The van der Waals surface area contributed by atoms with Gasteiger partial charge in [0.15, 0.2) is 17.5 Å². The molecule has 1 atom stereocenters. The minimum absolute atomic E-state index is 0.181. The number of hydrogen-bond donors (Lipinski definition) is 0. The number of hydrogen-bond acceptors (Lipinski definition) is 6. The Hall–Kier alpha value is -3.03. The average Bonchev–Trinajstić information content (AvgIpc) is 3.42. The van der Waals surface area contributed by atoms with Gasteiger partial charge < -0.3 is 4.90 Å². The number of aryl methyl sites for hydroxylation is 1. The van der Waals surface area contributed by atoms with Crippen LogP contribution in [0, 0.1) is 6.92 Å². The maximum atomic E-state index is 5.20. The number of aromatic nitrogens is 6. The molecule has 8 heteroatoms. The Kier molecular flexibility index (Phi) is 4.41. The van der Waals surface area contributed by atoms with Crippen LogP contribution in [0.25, 0.3) is 17.1 Å². The Morgan fingerprint density at radius 3 is 2.62 bits per heavy atom. The van der Waals surface area contributed by atoms with Crippen molar-refractivity contribution >= 4 is 5.82 Å². The zero-order chi connectivity index (χ0) is 20.0. The summed E-state index contributed by atoms with van der Waals surface area (Å²) in [5.74, 6) is 3.59. The van der Waals surface area contributed by atoms with Gasteiger partial charge >= 0.3 is 0 Å². The van der Waals surface area contributed by atoms with Crippen molar-refractivity contribution < 1.29 is 9.57 Å². The normalized spacial score (nSPS) is 18.6. The molecule has 2 aliphatic rings. The summed E-state index contributed by atoms with van der Waals surface area (Å²) in [5, 5.41) is 8.90. The maximum absolute atomic E-state index is 5.20. The van der Waals surface area contributed by atoms with Gasteiger partial charge in [0, 0.05) is 28.5 Å². The predicted octanol–water partition coefficient (Wildman–Crippen LogP) is 2.59. The van der Waals surface area contributed by atoms with Crippen molar-refractivity contribution in [2.24, 2.45) is 0 Å². The summed E-state index contributed by atoms with van der Waals surface area (Å²) in [7, 11) is 1.64. The molecule has 5 rings (SSSR count). The number of pyridine rings is 1. The number of rotatable bonds is 4. The Labute approximate surface area is 170 Å². The second kappa shape index (κ2) is 7.09. The lowest BCUT2D eigenvalue weighted by Gasteiger charge is -2.41. The van der Waals surface area contributed by atoms with E-state index in [2.05, 4.69) is 31.6 Å². The molecule has 0 bridgehead atoms. The highest BCUT2D eigenvalue weighted by Crippen LogP contribution is 2.43. The van der Waals surface area contributed by atoms with Crippen molar-refractivity contribution in [1.29, 1.82) is 0 Å². The molecule has 0 saturated heterocycles. The molecule has 0 N–H and O–H groups in total. The molecule has 0 spiro atoms. The maximum Gasteiger partial charge on any atom is 0.223 e. The van der Waals surface area contributed by atoms with Crippen molar-refractivity contribution in [3.63, 3.8) is 0 Å². The Balaban J connectivity index is 1.67. The SMILES string of the molecule is CCC1c2nnc(C)n2-c2cnc(-c3cc[n+](OC)cc3)nc2N1C1CCCC1. The molecule has 3 aromatic heterocycles. The molecule has 29 heavy (non-hydrogen) atoms. The van der Waals surface area contributed by atoms with Gasteiger partial charge in [-0.2, -0.15) is 0 Å². The minimum Gasteiger partial charge on any atom is -0.342 e. The van der Waals surface area contributed by atoms with E-state index in [1.165, 1.54) is 25.7 Å². The van der Waals surface area contributed by atoms with Gasteiger partial charge in [-0.05, 0) is 26.2 Å². The first-order valence-corrected chi connectivity index (χ1v) is 10.3. The highest BCUT2D eigenvalue weighted by Gasteiger charge is 2.39. The summed E-state index contributed by atoms with van der Waals surface area (Å²) in [6, 6.07) is 4.61. The van der Waals surface area contributed by atoms with E-state index in [0.29, 0.717) is 6.04 Å². The van der Waals surface area contributed by atoms with Gasteiger partial charge in [0.25, 0.3) is 0 Å². The van der Waals surface area contributed by atoms with Gasteiger partial charge in [0.05, 0.1) is 12.2 Å². The van der Waals surface area contributed by atoms with E-state index in [0.717, 1.165) is 41.0 Å². The van der Waals surface area contributed by atoms with Crippen LogP contribution in [0.5, 0.6) is 0 Å². The van der Waals surface area contributed by atoms with Crippen LogP contribution in [0.4, 0.5) is 5.82 Å². The molecule has 3 aromatic rings. The van der Waals surface area contributed by atoms with E-state index in [9.17, 15) is 0 Å². The van der Waals surface area contributed by atoms with Gasteiger partial charge in [-0.15, -0.1) is 10.2 Å². The molecule has 1 saturated carbocycles. The zero-order valence-electron chi connectivity index (χ0n) is 17.1. The van der Waals surface area contributed by atoms with Crippen LogP contribution < -0.4 is 14.5 Å². The fraction of sp³-hybridized carbons (Fsp3) is 0.476. The topological polar surface area (TPSA) is 72.8 Å². The Bertz CT molecular complexity index is 1020. The van der Waals surface area contributed by atoms with E-state index in [-0.39, 0.29) is 6.04 Å². The summed E-state index contributed by atoms with van der Waals surface area (Å²) < 4.78 is 3.77. The number of anilines is 1. The molecule has 150 valence electrons. The van der Waals surface area contributed by atoms with Crippen LogP contribution in [0.15, 0.2) is 30.7 Å². The minimum atomic E-state index is 0.181.